The van der Waals surface area contributed by atoms with Gasteiger partial charge in [0.05, 0.1) is 17.8 Å². The Morgan fingerprint density at radius 3 is 2.78 bits per heavy atom. The highest BCUT2D eigenvalue weighted by Crippen LogP contribution is 2.29. The van der Waals surface area contributed by atoms with E-state index in [0.717, 1.165) is 18.5 Å². The van der Waals surface area contributed by atoms with Crippen LogP contribution in [0.4, 0.5) is 0 Å². The largest absolute Gasteiger partial charge is 0.376 e. The van der Waals surface area contributed by atoms with Crippen molar-refractivity contribution in [3.63, 3.8) is 0 Å². The Labute approximate surface area is 136 Å². The molecule has 7 nitrogen and oxygen atoms in total. The Bertz CT molecular complexity index is 561. The second kappa shape index (κ2) is 7.50. The van der Waals surface area contributed by atoms with E-state index in [1.807, 2.05) is 6.92 Å². The summed E-state index contributed by atoms with van der Waals surface area (Å²) in [6, 6.07) is 3.47. The molecule has 0 radical (unpaired) electrons. The first-order chi connectivity index (χ1) is 11.0. The molecule has 1 aromatic rings. The van der Waals surface area contributed by atoms with Gasteiger partial charge in [-0.15, -0.1) is 5.10 Å². The second-order valence-electron chi connectivity index (χ2n) is 5.95. The molecule has 0 bridgehead atoms. The number of carbonyl (C=O) groups is 2. The lowest BCUT2D eigenvalue weighted by Gasteiger charge is -2.41. The zero-order valence-corrected chi connectivity index (χ0v) is 14.0. The van der Waals surface area contributed by atoms with Crippen LogP contribution in [-0.4, -0.2) is 59.8 Å². The predicted molar refractivity (Wildman–Crippen MR) is 84.9 cm³/mol. The average Bonchev–Trinajstić information content (AvgIpc) is 2.60. The maximum absolute atomic E-state index is 12.6. The molecule has 0 aromatic carbocycles. The van der Waals surface area contributed by atoms with Crippen LogP contribution < -0.4 is 5.32 Å². The Morgan fingerprint density at radius 2 is 2.17 bits per heavy atom. The summed E-state index contributed by atoms with van der Waals surface area (Å²) < 4.78 is 5.70. The average molecular weight is 320 g/mol. The number of amides is 2. The highest BCUT2D eigenvalue weighted by molar-refractivity contribution is 5.92. The summed E-state index contributed by atoms with van der Waals surface area (Å²) in [5, 5.41) is 10.5. The fraction of sp³-hybridized carbons (Fsp3) is 0.625. The van der Waals surface area contributed by atoms with Crippen LogP contribution in [0, 0.1) is 6.92 Å². The summed E-state index contributed by atoms with van der Waals surface area (Å²) in [4.78, 5) is 25.9. The van der Waals surface area contributed by atoms with Crippen molar-refractivity contribution >= 4 is 11.8 Å². The smallest absolute Gasteiger partial charge is 0.274 e. The molecule has 126 valence electrons. The van der Waals surface area contributed by atoms with Gasteiger partial charge in [0.2, 0.25) is 5.91 Å². The van der Waals surface area contributed by atoms with E-state index in [4.69, 9.17) is 4.74 Å². The molecule has 0 spiro atoms. The quantitative estimate of drug-likeness (QED) is 0.872. The third-order valence-electron chi connectivity index (χ3n) is 4.36. The van der Waals surface area contributed by atoms with E-state index < -0.39 is 5.60 Å². The van der Waals surface area contributed by atoms with Crippen molar-refractivity contribution in [1.29, 1.82) is 0 Å². The third kappa shape index (κ3) is 4.25. The van der Waals surface area contributed by atoms with Crippen LogP contribution in [-0.2, 0) is 9.53 Å². The predicted octanol–water partition coefficient (Wildman–Crippen LogP) is 0.932. The van der Waals surface area contributed by atoms with Gasteiger partial charge < -0.3 is 15.0 Å². The molecule has 2 heterocycles. The summed E-state index contributed by atoms with van der Waals surface area (Å²) in [5.41, 5.74) is 0.643. The van der Waals surface area contributed by atoms with Crippen molar-refractivity contribution in [3.8, 4) is 0 Å². The molecule has 0 unspecified atom stereocenters. The zero-order valence-electron chi connectivity index (χ0n) is 14.0. The van der Waals surface area contributed by atoms with Crippen LogP contribution >= 0.6 is 0 Å². The van der Waals surface area contributed by atoms with E-state index >= 15 is 0 Å². The van der Waals surface area contributed by atoms with Gasteiger partial charge in [-0.05, 0) is 38.3 Å². The molecule has 0 aliphatic carbocycles. The molecular weight excluding hydrogens is 296 g/mol. The summed E-state index contributed by atoms with van der Waals surface area (Å²) >= 11 is 0. The van der Waals surface area contributed by atoms with E-state index in [2.05, 4.69) is 15.5 Å². The van der Waals surface area contributed by atoms with Gasteiger partial charge in [-0.25, -0.2) is 0 Å². The fourth-order valence-corrected chi connectivity index (χ4v) is 2.89. The Kier molecular flexibility index (Phi) is 5.65. The first-order valence-electron chi connectivity index (χ1n) is 7.85. The topological polar surface area (TPSA) is 84.4 Å². The van der Waals surface area contributed by atoms with Gasteiger partial charge in [-0.2, -0.15) is 5.10 Å². The summed E-state index contributed by atoms with van der Waals surface area (Å²) in [6.45, 7) is 2.96. The van der Waals surface area contributed by atoms with Crippen molar-refractivity contribution in [2.75, 3.05) is 27.2 Å². The molecule has 1 aromatic heterocycles. The maximum Gasteiger partial charge on any atom is 0.274 e. The van der Waals surface area contributed by atoms with Crippen molar-refractivity contribution < 1.29 is 14.3 Å². The van der Waals surface area contributed by atoms with Crippen LogP contribution in [0.25, 0.3) is 0 Å². The molecule has 0 saturated carbocycles. The number of likely N-dealkylation sites (tertiary alicyclic amines) is 1. The minimum absolute atomic E-state index is 0.0192. The molecule has 2 amide bonds. The fourth-order valence-electron chi connectivity index (χ4n) is 2.89. The molecule has 1 fully saturated rings. The number of methoxy groups -OCH3 is 1. The van der Waals surface area contributed by atoms with Crippen molar-refractivity contribution in [3.05, 3.63) is 23.5 Å². The molecule has 1 aliphatic heterocycles. The summed E-state index contributed by atoms with van der Waals surface area (Å²) in [6.07, 6.45) is 2.65. The van der Waals surface area contributed by atoms with Gasteiger partial charge in [-0.3, -0.25) is 9.59 Å². The van der Waals surface area contributed by atoms with E-state index in [0.29, 0.717) is 31.6 Å². The third-order valence-corrected chi connectivity index (χ3v) is 4.36. The van der Waals surface area contributed by atoms with Gasteiger partial charge >= 0.3 is 0 Å². The molecule has 23 heavy (non-hydrogen) atoms. The van der Waals surface area contributed by atoms with Crippen molar-refractivity contribution in [2.45, 2.75) is 38.2 Å². The zero-order chi connectivity index (χ0) is 16.9. The minimum atomic E-state index is -0.474. The molecule has 1 aliphatic rings. The van der Waals surface area contributed by atoms with Gasteiger partial charge in [-0.1, -0.05) is 0 Å². The lowest BCUT2D eigenvalue weighted by atomic mass is 9.87. The number of aromatic nitrogens is 2. The lowest BCUT2D eigenvalue weighted by Crippen LogP contribution is -2.52. The number of ether oxygens (including phenoxy) is 1. The number of carbonyl (C=O) groups excluding carboxylic acids is 2. The second-order valence-corrected chi connectivity index (χ2v) is 5.95. The first-order valence-corrected chi connectivity index (χ1v) is 7.85. The number of hydrogen-bond donors (Lipinski definition) is 1. The van der Waals surface area contributed by atoms with Crippen molar-refractivity contribution in [2.24, 2.45) is 0 Å². The highest BCUT2D eigenvalue weighted by atomic mass is 16.5. The molecular formula is C16H24N4O3. The molecule has 2 rings (SSSR count). The minimum Gasteiger partial charge on any atom is -0.376 e. The van der Waals surface area contributed by atoms with Crippen molar-refractivity contribution in [1.82, 2.24) is 20.4 Å². The number of hydrogen-bond acceptors (Lipinski definition) is 5. The Balaban J connectivity index is 2.07. The van der Waals surface area contributed by atoms with Crippen LogP contribution in [0.2, 0.25) is 0 Å². The maximum atomic E-state index is 12.6. The molecule has 1 N–H and O–H groups in total. The molecule has 1 saturated heterocycles. The monoisotopic (exact) mass is 320 g/mol. The first kappa shape index (κ1) is 17.3. The standard InChI is InChI=1S/C16H24N4O3/c1-12-5-6-13(19-18-12)15(22)20-10-4-8-16(11-20,23-3)9-7-14(21)17-2/h5-6H,4,7-11H2,1-3H3,(H,17,21)/t16-/m1/s1. The van der Waals surface area contributed by atoms with Crippen LogP contribution in [0.1, 0.15) is 41.9 Å². The molecule has 7 heteroatoms. The van der Waals surface area contributed by atoms with Gasteiger partial charge in [0.25, 0.3) is 5.91 Å². The van der Waals surface area contributed by atoms with Crippen LogP contribution in [0.15, 0.2) is 12.1 Å². The van der Waals surface area contributed by atoms with E-state index in [1.165, 1.54) is 0 Å². The Hall–Kier alpha value is -2.02. The number of nitrogens with zero attached hydrogens (tertiary/aromatic N) is 3. The van der Waals surface area contributed by atoms with Gasteiger partial charge in [0.1, 0.15) is 0 Å². The van der Waals surface area contributed by atoms with E-state index in [9.17, 15) is 9.59 Å². The van der Waals surface area contributed by atoms with E-state index in [-0.39, 0.29) is 11.8 Å². The number of aryl methyl sites for hydroxylation is 1. The SMILES string of the molecule is CNC(=O)CC[C@]1(OC)CCCN(C(=O)c2ccc(C)nn2)C1. The van der Waals surface area contributed by atoms with Crippen LogP contribution in [0.5, 0.6) is 0 Å². The molecule has 1 atom stereocenters. The van der Waals surface area contributed by atoms with Gasteiger partial charge in [0.15, 0.2) is 5.69 Å². The number of nitrogens with one attached hydrogen (secondary N) is 1. The summed E-state index contributed by atoms with van der Waals surface area (Å²) in [5.74, 6) is -0.159. The Morgan fingerprint density at radius 1 is 1.39 bits per heavy atom. The van der Waals surface area contributed by atoms with E-state index in [1.54, 1.807) is 31.2 Å². The number of piperidine rings is 1. The summed E-state index contributed by atoms with van der Waals surface area (Å²) in [7, 11) is 3.26. The highest BCUT2D eigenvalue weighted by Gasteiger charge is 2.38. The van der Waals surface area contributed by atoms with Crippen LogP contribution in [0.3, 0.4) is 0 Å². The number of rotatable bonds is 5. The normalized spacial score (nSPS) is 21.1. The lowest BCUT2D eigenvalue weighted by molar-refractivity contribution is -0.123. The van der Waals surface area contributed by atoms with Gasteiger partial charge in [0, 0.05) is 27.1 Å².